The van der Waals surface area contributed by atoms with Crippen LogP contribution in [0.1, 0.15) is 6.92 Å². The van der Waals surface area contributed by atoms with Crippen molar-refractivity contribution in [3.63, 3.8) is 0 Å². The zero-order valence-corrected chi connectivity index (χ0v) is 16.2. The summed E-state index contributed by atoms with van der Waals surface area (Å²) < 4.78 is 13.0. The van der Waals surface area contributed by atoms with Crippen LogP contribution in [0.15, 0.2) is 85.2 Å². The average molecular weight is 401 g/mol. The second-order valence-corrected chi connectivity index (χ2v) is 6.44. The van der Waals surface area contributed by atoms with E-state index in [1.165, 1.54) is 11.0 Å². The van der Waals surface area contributed by atoms with Crippen molar-refractivity contribution >= 4 is 11.6 Å². The van der Waals surface area contributed by atoms with E-state index in [4.69, 9.17) is 9.47 Å². The van der Waals surface area contributed by atoms with Gasteiger partial charge in [0.15, 0.2) is 6.10 Å². The van der Waals surface area contributed by atoms with Gasteiger partial charge in [-0.1, -0.05) is 24.3 Å². The molecule has 150 valence electrons. The van der Waals surface area contributed by atoms with Crippen LogP contribution in [0.3, 0.4) is 0 Å². The molecule has 1 aromatic heterocycles. The fraction of sp³-hybridized carbons (Fsp3) is 0.0909. The van der Waals surface area contributed by atoms with Crippen molar-refractivity contribution < 1.29 is 14.3 Å². The molecule has 0 aliphatic carbocycles. The first kappa shape index (κ1) is 19.1. The van der Waals surface area contributed by atoms with Crippen LogP contribution >= 0.6 is 0 Å². The van der Waals surface area contributed by atoms with Crippen molar-refractivity contribution in [2.45, 2.75) is 13.0 Å². The molecule has 0 saturated heterocycles. The van der Waals surface area contributed by atoms with E-state index in [0.29, 0.717) is 17.2 Å². The summed E-state index contributed by atoms with van der Waals surface area (Å²) in [5.74, 6) is 1.71. The lowest BCUT2D eigenvalue weighted by molar-refractivity contribution is -0.122. The number of anilines is 1. The first-order valence-corrected chi connectivity index (χ1v) is 9.31. The summed E-state index contributed by atoms with van der Waals surface area (Å²) in [6.07, 6.45) is 0.787. The minimum absolute atomic E-state index is 0.264. The Morgan fingerprint density at radius 3 is 2.40 bits per heavy atom. The molecule has 0 aliphatic heterocycles. The molecule has 3 aromatic carbocycles. The number of benzene rings is 3. The Morgan fingerprint density at radius 1 is 0.933 bits per heavy atom. The van der Waals surface area contributed by atoms with Gasteiger partial charge in [-0.05, 0) is 65.9 Å². The van der Waals surface area contributed by atoms with Gasteiger partial charge in [-0.25, -0.2) is 4.68 Å². The van der Waals surface area contributed by atoms with Crippen LogP contribution in [-0.2, 0) is 4.79 Å². The standard InChI is InChI=1S/C22H19N5O3/c1-16(29-21-9-5-6-18(14-21)27-15-23-25-26-27)22(28)24-17-10-12-20(13-11-17)30-19-7-3-2-4-8-19/h2-16H,1H3,(H,24,28)/t16-/m0/s1. The van der Waals surface area contributed by atoms with E-state index in [9.17, 15) is 4.79 Å². The van der Waals surface area contributed by atoms with Crippen molar-refractivity contribution in [3.05, 3.63) is 85.2 Å². The molecule has 4 aromatic rings. The van der Waals surface area contributed by atoms with Crippen molar-refractivity contribution in [2.24, 2.45) is 0 Å². The normalized spacial score (nSPS) is 11.5. The van der Waals surface area contributed by atoms with Crippen LogP contribution in [0.25, 0.3) is 5.69 Å². The lowest BCUT2D eigenvalue weighted by Crippen LogP contribution is -2.30. The number of carbonyl (C=O) groups excluding carboxylic acids is 1. The topological polar surface area (TPSA) is 91.2 Å². The smallest absolute Gasteiger partial charge is 0.265 e. The molecule has 0 spiro atoms. The number of aromatic nitrogens is 4. The number of hydrogen-bond donors (Lipinski definition) is 1. The molecule has 0 bridgehead atoms. The summed E-state index contributed by atoms with van der Waals surface area (Å²) >= 11 is 0. The van der Waals surface area contributed by atoms with Gasteiger partial charge in [-0.2, -0.15) is 0 Å². The van der Waals surface area contributed by atoms with E-state index >= 15 is 0 Å². The second-order valence-electron chi connectivity index (χ2n) is 6.44. The average Bonchev–Trinajstić information content (AvgIpc) is 3.31. The molecule has 0 fully saturated rings. The van der Waals surface area contributed by atoms with E-state index in [1.54, 1.807) is 43.3 Å². The number of ether oxygens (including phenoxy) is 2. The third-order valence-corrected chi connectivity index (χ3v) is 4.21. The van der Waals surface area contributed by atoms with Crippen LogP contribution in [0.2, 0.25) is 0 Å². The minimum Gasteiger partial charge on any atom is -0.481 e. The maximum atomic E-state index is 12.5. The number of nitrogens with zero attached hydrogens (tertiary/aromatic N) is 4. The number of tetrazole rings is 1. The molecule has 30 heavy (non-hydrogen) atoms. The summed E-state index contributed by atoms with van der Waals surface area (Å²) in [6, 6.07) is 23.8. The third-order valence-electron chi connectivity index (χ3n) is 4.21. The van der Waals surface area contributed by atoms with Gasteiger partial charge in [0.2, 0.25) is 0 Å². The molecule has 8 heteroatoms. The largest absolute Gasteiger partial charge is 0.481 e. The van der Waals surface area contributed by atoms with Crippen molar-refractivity contribution in [1.29, 1.82) is 0 Å². The molecule has 1 heterocycles. The lowest BCUT2D eigenvalue weighted by atomic mass is 10.2. The maximum absolute atomic E-state index is 12.5. The highest BCUT2D eigenvalue weighted by molar-refractivity contribution is 5.94. The number of hydrogen-bond acceptors (Lipinski definition) is 6. The number of nitrogens with one attached hydrogen (secondary N) is 1. The second kappa shape index (κ2) is 8.87. The Labute approximate surface area is 173 Å². The van der Waals surface area contributed by atoms with Gasteiger partial charge in [0.25, 0.3) is 5.91 Å². The van der Waals surface area contributed by atoms with E-state index < -0.39 is 6.10 Å². The molecule has 0 saturated carbocycles. The van der Waals surface area contributed by atoms with Crippen molar-refractivity contribution in [2.75, 3.05) is 5.32 Å². The van der Waals surface area contributed by atoms with Gasteiger partial charge in [-0.15, -0.1) is 5.10 Å². The highest BCUT2D eigenvalue weighted by atomic mass is 16.5. The molecule has 0 aliphatic rings. The predicted octanol–water partition coefficient (Wildman–Crippen LogP) is 3.86. The van der Waals surface area contributed by atoms with Gasteiger partial charge in [0.05, 0.1) is 5.69 Å². The fourth-order valence-electron chi connectivity index (χ4n) is 2.71. The number of para-hydroxylation sites is 1. The van der Waals surface area contributed by atoms with Gasteiger partial charge >= 0.3 is 0 Å². The SMILES string of the molecule is C[C@H](Oc1cccc(-n2cnnn2)c1)C(=O)Nc1ccc(Oc2ccccc2)cc1. The maximum Gasteiger partial charge on any atom is 0.265 e. The van der Waals surface area contributed by atoms with Crippen molar-refractivity contribution in [3.8, 4) is 22.9 Å². The Morgan fingerprint density at radius 2 is 1.67 bits per heavy atom. The van der Waals surface area contributed by atoms with Gasteiger partial charge < -0.3 is 14.8 Å². The van der Waals surface area contributed by atoms with Gasteiger partial charge in [0, 0.05) is 11.8 Å². The van der Waals surface area contributed by atoms with Crippen LogP contribution in [-0.4, -0.2) is 32.2 Å². The van der Waals surface area contributed by atoms with Crippen LogP contribution in [0.4, 0.5) is 5.69 Å². The van der Waals surface area contributed by atoms with E-state index in [-0.39, 0.29) is 5.91 Å². The first-order chi connectivity index (χ1) is 14.7. The van der Waals surface area contributed by atoms with E-state index in [0.717, 1.165) is 11.4 Å². The summed E-state index contributed by atoms with van der Waals surface area (Å²) in [5, 5.41) is 13.9. The highest BCUT2D eigenvalue weighted by Gasteiger charge is 2.15. The van der Waals surface area contributed by atoms with Crippen molar-refractivity contribution in [1.82, 2.24) is 20.2 Å². The van der Waals surface area contributed by atoms with E-state index in [1.807, 2.05) is 42.5 Å². The molecule has 1 atom stereocenters. The Bertz CT molecular complexity index is 1100. The number of rotatable bonds is 7. The lowest BCUT2D eigenvalue weighted by Gasteiger charge is -2.15. The Kier molecular flexibility index (Phi) is 5.66. The molecular weight excluding hydrogens is 382 g/mol. The van der Waals surface area contributed by atoms with E-state index in [2.05, 4.69) is 20.8 Å². The summed E-state index contributed by atoms with van der Waals surface area (Å²) in [6.45, 7) is 1.69. The van der Waals surface area contributed by atoms with Crippen LogP contribution in [0, 0.1) is 0 Å². The Hall–Kier alpha value is -4.20. The molecule has 8 nitrogen and oxygen atoms in total. The molecule has 4 rings (SSSR count). The molecular formula is C22H19N5O3. The monoisotopic (exact) mass is 401 g/mol. The predicted molar refractivity (Wildman–Crippen MR) is 111 cm³/mol. The highest BCUT2D eigenvalue weighted by Crippen LogP contribution is 2.23. The minimum atomic E-state index is -0.700. The van der Waals surface area contributed by atoms with Gasteiger partial charge in [-0.3, -0.25) is 4.79 Å². The molecule has 1 N–H and O–H groups in total. The molecule has 1 amide bonds. The number of carbonyl (C=O) groups is 1. The number of amides is 1. The Balaban J connectivity index is 1.35. The third kappa shape index (κ3) is 4.79. The zero-order valence-electron chi connectivity index (χ0n) is 16.2. The van der Waals surface area contributed by atoms with Crippen LogP contribution in [0.5, 0.6) is 17.2 Å². The quantitative estimate of drug-likeness (QED) is 0.506. The van der Waals surface area contributed by atoms with Crippen LogP contribution < -0.4 is 14.8 Å². The summed E-state index contributed by atoms with van der Waals surface area (Å²) in [5.41, 5.74) is 1.39. The fourth-order valence-corrected chi connectivity index (χ4v) is 2.71. The zero-order chi connectivity index (χ0) is 20.8. The first-order valence-electron chi connectivity index (χ1n) is 9.31. The van der Waals surface area contributed by atoms with Gasteiger partial charge in [0.1, 0.15) is 23.6 Å². The summed E-state index contributed by atoms with van der Waals surface area (Å²) in [7, 11) is 0. The molecule has 0 unspecified atom stereocenters. The molecule has 0 radical (unpaired) electrons. The summed E-state index contributed by atoms with van der Waals surface area (Å²) in [4.78, 5) is 12.5.